The van der Waals surface area contributed by atoms with Crippen LogP contribution in [0.2, 0.25) is 0 Å². The van der Waals surface area contributed by atoms with Crippen molar-refractivity contribution in [1.29, 1.82) is 0 Å². The fourth-order valence-corrected chi connectivity index (χ4v) is 7.18. The number of amides is 1. The van der Waals surface area contributed by atoms with Crippen LogP contribution in [0.15, 0.2) is 108 Å². The van der Waals surface area contributed by atoms with Gasteiger partial charge in [-0.15, -0.1) is 0 Å². The molecule has 2 aliphatic heterocycles. The summed E-state index contributed by atoms with van der Waals surface area (Å²) in [5.74, 6) is 1.24. The van der Waals surface area contributed by atoms with E-state index in [9.17, 15) is 4.79 Å². The van der Waals surface area contributed by atoms with Crippen molar-refractivity contribution in [2.45, 2.75) is 51.2 Å². The number of benzene rings is 3. The maximum Gasteiger partial charge on any atom is 0.229 e. The number of para-hydroxylation sites is 2. The summed E-state index contributed by atoms with van der Waals surface area (Å²) < 4.78 is 5.40. The molecular formula is C37H41N5O2. The second-order valence-corrected chi connectivity index (χ2v) is 12.6. The molecule has 0 radical (unpaired) electrons. The molecule has 3 aromatic carbocycles. The molecule has 1 unspecified atom stereocenters. The molecule has 44 heavy (non-hydrogen) atoms. The van der Waals surface area contributed by atoms with Crippen LogP contribution in [0.4, 0.5) is 5.95 Å². The average Bonchev–Trinajstić information content (AvgIpc) is 3.81. The van der Waals surface area contributed by atoms with Crippen LogP contribution >= 0.6 is 0 Å². The van der Waals surface area contributed by atoms with Crippen LogP contribution in [0, 0.1) is 5.41 Å². The molecule has 2 aliphatic rings. The fraction of sp³-hybridized carbons (Fsp3) is 0.351. The first-order chi connectivity index (χ1) is 21.6. The Labute approximate surface area is 259 Å². The first kappa shape index (κ1) is 28.4. The van der Waals surface area contributed by atoms with E-state index >= 15 is 0 Å². The minimum absolute atomic E-state index is 0.316. The minimum atomic E-state index is -0.353. The highest BCUT2D eigenvalue weighted by atomic mass is 16.3. The molecule has 0 aliphatic carbocycles. The molecule has 0 bridgehead atoms. The lowest BCUT2D eigenvalue weighted by molar-refractivity contribution is -0.137. The van der Waals surface area contributed by atoms with E-state index in [1.54, 1.807) is 6.26 Å². The van der Waals surface area contributed by atoms with Crippen molar-refractivity contribution in [2.24, 2.45) is 5.41 Å². The zero-order valence-electron chi connectivity index (χ0n) is 25.3. The maximum atomic E-state index is 14.1. The van der Waals surface area contributed by atoms with E-state index < -0.39 is 0 Å². The van der Waals surface area contributed by atoms with Crippen LogP contribution in [-0.4, -0.2) is 57.9 Å². The molecule has 4 heterocycles. The quantitative estimate of drug-likeness (QED) is 0.187. The number of anilines is 1. The lowest BCUT2D eigenvalue weighted by atomic mass is 9.77. The number of piperidine rings is 1. The first-order valence-electron chi connectivity index (χ1n) is 16.0. The molecule has 7 rings (SSSR count). The predicted molar refractivity (Wildman–Crippen MR) is 174 cm³/mol. The summed E-state index contributed by atoms with van der Waals surface area (Å²) in [5, 5.41) is 0. The summed E-state index contributed by atoms with van der Waals surface area (Å²) in [4.78, 5) is 29.7. The Morgan fingerprint density at radius 3 is 2.32 bits per heavy atom. The van der Waals surface area contributed by atoms with Gasteiger partial charge in [0.2, 0.25) is 11.9 Å². The summed E-state index contributed by atoms with van der Waals surface area (Å²) in [7, 11) is 0. The Hall–Kier alpha value is -4.36. The number of fused-ring (bicyclic) bond motifs is 1. The molecule has 5 aromatic rings. The number of imidazole rings is 1. The molecule has 1 N–H and O–H groups in total. The van der Waals surface area contributed by atoms with Gasteiger partial charge in [0.25, 0.3) is 0 Å². The van der Waals surface area contributed by atoms with Crippen LogP contribution in [0.25, 0.3) is 11.0 Å². The van der Waals surface area contributed by atoms with Crippen LogP contribution in [0.1, 0.15) is 42.4 Å². The van der Waals surface area contributed by atoms with Gasteiger partial charge < -0.3 is 24.1 Å². The summed E-state index contributed by atoms with van der Waals surface area (Å²) in [6.45, 7) is 5.23. The Bertz CT molecular complexity index is 1610. The molecule has 2 fully saturated rings. The number of furan rings is 1. The maximum absolute atomic E-state index is 14.1. The molecule has 7 heteroatoms. The lowest BCUT2D eigenvalue weighted by Gasteiger charge is -2.39. The van der Waals surface area contributed by atoms with Crippen molar-refractivity contribution in [3.63, 3.8) is 0 Å². The van der Waals surface area contributed by atoms with E-state index in [2.05, 4.69) is 86.4 Å². The van der Waals surface area contributed by atoms with Crippen molar-refractivity contribution in [1.82, 2.24) is 19.8 Å². The van der Waals surface area contributed by atoms with Crippen molar-refractivity contribution >= 4 is 22.9 Å². The lowest BCUT2D eigenvalue weighted by Crippen LogP contribution is -2.46. The number of carbonyl (C=O) groups is 1. The van der Waals surface area contributed by atoms with Gasteiger partial charge in [0.05, 0.1) is 29.0 Å². The number of likely N-dealkylation sites (tertiary alicyclic amines) is 2. The van der Waals surface area contributed by atoms with Gasteiger partial charge in [0, 0.05) is 44.3 Å². The number of carbonyl (C=O) groups excluding carboxylic acids is 1. The third kappa shape index (κ3) is 6.15. The summed E-state index contributed by atoms with van der Waals surface area (Å²) in [5.41, 5.74) is 5.29. The number of aromatic amines is 1. The smallest absolute Gasteiger partial charge is 0.229 e. The topological polar surface area (TPSA) is 68.6 Å². The number of nitrogens with zero attached hydrogens (tertiary/aromatic N) is 4. The first-order valence-corrected chi connectivity index (χ1v) is 16.0. The van der Waals surface area contributed by atoms with Crippen molar-refractivity contribution in [2.75, 3.05) is 31.1 Å². The van der Waals surface area contributed by atoms with Crippen LogP contribution < -0.4 is 4.90 Å². The fourth-order valence-electron chi connectivity index (χ4n) is 7.18. The van der Waals surface area contributed by atoms with Gasteiger partial charge in [-0.05, 0) is 68.0 Å². The summed E-state index contributed by atoms with van der Waals surface area (Å²) >= 11 is 0. The molecular weight excluding hydrogens is 546 g/mol. The molecule has 226 valence electrons. The Kier molecular flexibility index (Phi) is 8.20. The van der Waals surface area contributed by atoms with Crippen molar-refractivity contribution in [3.8, 4) is 0 Å². The van der Waals surface area contributed by atoms with Gasteiger partial charge in [0.1, 0.15) is 0 Å². The molecule has 0 spiro atoms. The number of aromatic nitrogens is 2. The highest BCUT2D eigenvalue weighted by molar-refractivity contribution is 5.85. The van der Waals surface area contributed by atoms with Gasteiger partial charge in [-0.2, -0.15) is 0 Å². The predicted octanol–water partition coefficient (Wildman–Crippen LogP) is 6.68. The Morgan fingerprint density at radius 1 is 0.864 bits per heavy atom. The van der Waals surface area contributed by atoms with Gasteiger partial charge in [0.15, 0.2) is 0 Å². The number of rotatable bonds is 11. The normalized spacial score (nSPS) is 19.6. The SMILES string of the molecule is O=C1N(Cc2ccccc2)CCC1(CCN1CCC(N(Cc2ccoc2)c2nc3ccccc3[nH]2)CC1)Cc1ccccc1. The van der Waals surface area contributed by atoms with E-state index in [-0.39, 0.29) is 5.41 Å². The number of nitrogens with one attached hydrogen (secondary N) is 1. The highest BCUT2D eigenvalue weighted by Gasteiger charge is 2.46. The van der Waals surface area contributed by atoms with E-state index in [4.69, 9.17) is 9.40 Å². The van der Waals surface area contributed by atoms with Crippen LogP contribution in [-0.2, 0) is 24.3 Å². The van der Waals surface area contributed by atoms with Crippen molar-refractivity contribution < 1.29 is 9.21 Å². The average molecular weight is 588 g/mol. The van der Waals surface area contributed by atoms with E-state index in [1.165, 1.54) is 11.1 Å². The standard InChI is InChI=1S/C37H41N5O2/c43-35-37(25-29-9-3-1-4-10-29,19-23-41(35)26-30-11-5-2-6-12-30)18-22-40-20-15-32(16-21-40)42(27-31-17-24-44-28-31)36-38-33-13-7-8-14-34(33)39-36/h1-14,17,24,28,32H,15-16,18-23,25-27H2,(H,38,39). The second kappa shape index (κ2) is 12.7. The second-order valence-electron chi connectivity index (χ2n) is 12.6. The molecule has 1 amide bonds. The van der Waals surface area contributed by atoms with E-state index in [0.29, 0.717) is 18.5 Å². The summed E-state index contributed by atoms with van der Waals surface area (Å²) in [6, 6.07) is 31.6. The Morgan fingerprint density at radius 2 is 1.59 bits per heavy atom. The van der Waals surface area contributed by atoms with Crippen molar-refractivity contribution in [3.05, 3.63) is 120 Å². The Balaban J connectivity index is 1.03. The van der Waals surface area contributed by atoms with E-state index in [1.807, 2.05) is 30.5 Å². The van der Waals surface area contributed by atoms with E-state index in [0.717, 1.165) is 87.4 Å². The zero-order chi connectivity index (χ0) is 29.8. The zero-order valence-corrected chi connectivity index (χ0v) is 25.3. The van der Waals surface area contributed by atoms with Gasteiger partial charge in [-0.25, -0.2) is 4.98 Å². The van der Waals surface area contributed by atoms with Gasteiger partial charge >= 0.3 is 0 Å². The van der Waals surface area contributed by atoms with Crippen LogP contribution in [0.3, 0.4) is 0 Å². The minimum Gasteiger partial charge on any atom is -0.472 e. The number of hydrogen-bond acceptors (Lipinski definition) is 5. The molecule has 2 saturated heterocycles. The molecule has 0 saturated carbocycles. The third-order valence-electron chi connectivity index (χ3n) is 9.69. The molecule has 2 aromatic heterocycles. The summed E-state index contributed by atoms with van der Waals surface area (Å²) in [6.07, 6.45) is 8.28. The largest absolute Gasteiger partial charge is 0.472 e. The van der Waals surface area contributed by atoms with Crippen LogP contribution in [0.5, 0.6) is 0 Å². The highest BCUT2D eigenvalue weighted by Crippen LogP contribution is 2.40. The third-order valence-corrected chi connectivity index (χ3v) is 9.69. The number of H-pyrrole nitrogens is 1. The monoisotopic (exact) mass is 587 g/mol. The molecule has 1 atom stereocenters. The van der Waals surface area contributed by atoms with Gasteiger partial charge in [-0.1, -0.05) is 72.8 Å². The molecule has 7 nitrogen and oxygen atoms in total. The number of hydrogen-bond donors (Lipinski definition) is 1. The van der Waals surface area contributed by atoms with Gasteiger partial charge in [-0.3, -0.25) is 4.79 Å².